The van der Waals surface area contributed by atoms with Gasteiger partial charge in [-0.25, -0.2) is 0 Å². The Morgan fingerprint density at radius 3 is 3.05 bits per heavy atom. The first-order valence-electron chi connectivity index (χ1n) is 7.10. The van der Waals surface area contributed by atoms with Crippen molar-refractivity contribution in [2.75, 3.05) is 18.0 Å². The molecule has 0 bridgehead atoms. The van der Waals surface area contributed by atoms with Gasteiger partial charge in [-0.2, -0.15) is 0 Å². The zero-order chi connectivity index (χ0) is 13.9. The van der Waals surface area contributed by atoms with Gasteiger partial charge in [0.05, 0.1) is 6.54 Å². The molecule has 3 rings (SSSR count). The molecule has 1 aromatic heterocycles. The number of rotatable bonds is 3. The monoisotopic (exact) mass is 272 g/mol. The van der Waals surface area contributed by atoms with Crippen LogP contribution in [0.5, 0.6) is 0 Å². The highest BCUT2D eigenvalue weighted by Gasteiger charge is 2.24. The molecule has 0 radical (unpaired) electrons. The summed E-state index contributed by atoms with van der Waals surface area (Å²) in [6.45, 7) is 4.32. The third-order valence-electron chi connectivity index (χ3n) is 3.84. The Bertz CT molecular complexity index is 581. The van der Waals surface area contributed by atoms with Crippen LogP contribution in [0.1, 0.15) is 35.8 Å². The molecule has 0 saturated carbocycles. The van der Waals surface area contributed by atoms with Crippen LogP contribution in [0.4, 0.5) is 6.01 Å². The quantitative estimate of drug-likeness (QED) is 0.928. The lowest BCUT2D eigenvalue weighted by Gasteiger charge is -2.31. The first-order valence-corrected chi connectivity index (χ1v) is 7.10. The van der Waals surface area contributed by atoms with Gasteiger partial charge in [0.2, 0.25) is 5.89 Å². The summed E-state index contributed by atoms with van der Waals surface area (Å²) in [6, 6.07) is 9.34. The van der Waals surface area contributed by atoms with Crippen molar-refractivity contribution in [2.24, 2.45) is 5.73 Å². The molecule has 0 amide bonds. The fraction of sp³-hybridized carbons (Fsp3) is 0.467. The molecule has 106 valence electrons. The molecule has 1 fully saturated rings. The molecule has 1 aromatic carbocycles. The Morgan fingerprint density at radius 2 is 2.30 bits per heavy atom. The summed E-state index contributed by atoms with van der Waals surface area (Å²) in [6.07, 6.45) is 2.34. The number of anilines is 1. The van der Waals surface area contributed by atoms with Crippen LogP contribution >= 0.6 is 0 Å². The molecule has 5 nitrogen and oxygen atoms in total. The number of hydrogen-bond acceptors (Lipinski definition) is 5. The van der Waals surface area contributed by atoms with Crippen molar-refractivity contribution in [1.82, 2.24) is 10.2 Å². The fourth-order valence-electron chi connectivity index (χ4n) is 2.80. The normalized spacial score (nSPS) is 19.3. The number of nitrogens with two attached hydrogens (primary N) is 1. The highest BCUT2D eigenvalue weighted by atomic mass is 16.4. The van der Waals surface area contributed by atoms with Crippen molar-refractivity contribution in [2.45, 2.75) is 32.2 Å². The van der Waals surface area contributed by atoms with Crippen LogP contribution in [0.3, 0.4) is 0 Å². The van der Waals surface area contributed by atoms with E-state index in [4.69, 9.17) is 10.2 Å². The first-order chi connectivity index (χ1) is 9.76. The van der Waals surface area contributed by atoms with Crippen LogP contribution in [0.15, 0.2) is 28.7 Å². The van der Waals surface area contributed by atoms with Crippen molar-refractivity contribution >= 4 is 6.01 Å². The Hall–Kier alpha value is -1.88. The minimum Gasteiger partial charge on any atom is -0.407 e. The van der Waals surface area contributed by atoms with Gasteiger partial charge >= 0.3 is 6.01 Å². The molecule has 1 saturated heterocycles. The maximum Gasteiger partial charge on any atom is 0.318 e. The third kappa shape index (κ3) is 2.67. The van der Waals surface area contributed by atoms with Crippen molar-refractivity contribution < 1.29 is 4.42 Å². The van der Waals surface area contributed by atoms with Gasteiger partial charge in [0.1, 0.15) is 0 Å². The molecule has 5 heteroatoms. The minimum atomic E-state index is 0.294. The van der Waals surface area contributed by atoms with E-state index < -0.39 is 0 Å². The third-order valence-corrected chi connectivity index (χ3v) is 3.84. The van der Waals surface area contributed by atoms with Crippen LogP contribution in [0, 0.1) is 6.92 Å². The SMILES string of the molecule is Cc1cccc(C2CCCN(c3nnc(CN)o3)C2)c1. The average molecular weight is 272 g/mol. The Balaban J connectivity index is 1.76. The topological polar surface area (TPSA) is 68.2 Å². The van der Waals surface area contributed by atoms with Crippen LogP contribution in [-0.2, 0) is 6.54 Å². The van der Waals surface area contributed by atoms with Gasteiger partial charge in [-0.15, -0.1) is 5.10 Å². The van der Waals surface area contributed by atoms with Crippen LogP contribution < -0.4 is 10.6 Å². The van der Waals surface area contributed by atoms with Gasteiger partial charge in [-0.05, 0) is 25.3 Å². The first kappa shape index (κ1) is 13.1. The van der Waals surface area contributed by atoms with Crippen LogP contribution in [-0.4, -0.2) is 23.3 Å². The summed E-state index contributed by atoms with van der Waals surface area (Å²) in [7, 11) is 0. The molecule has 1 unspecified atom stereocenters. The standard InChI is InChI=1S/C15H20N4O/c1-11-4-2-5-12(8-11)13-6-3-7-19(10-13)15-18-17-14(9-16)20-15/h2,4-5,8,13H,3,6-7,9-10,16H2,1H3. The number of benzene rings is 1. The molecule has 2 N–H and O–H groups in total. The Morgan fingerprint density at radius 1 is 1.40 bits per heavy atom. The molecule has 1 aliphatic heterocycles. The summed E-state index contributed by atoms with van der Waals surface area (Å²) in [5, 5.41) is 8.02. The maximum atomic E-state index is 5.56. The van der Waals surface area contributed by atoms with Crippen molar-refractivity contribution in [1.29, 1.82) is 0 Å². The number of aryl methyl sites for hydroxylation is 1. The predicted octanol–water partition coefficient (Wildman–Crippen LogP) is 2.22. The summed E-state index contributed by atoms with van der Waals surface area (Å²) < 4.78 is 5.56. The maximum absolute atomic E-state index is 5.56. The van der Waals surface area contributed by atoms with Gasteiger partial charge in [0, 0.05) is 19.0 Å². The van der Waals surface area contributed by atoms with Crippen LogP contribution in [0.2, 0.25) is 0 Å². The molecular formula is C15H20N4O. The van der Waals surface area contributed by atoms with Gasteiger partial charge in [0.25, 0.3) is 0 Å². The lowest BCUT2D eigenvalue weighted by Crippen LogP contribution is -2.34. The number of nitrogens with zero attached hydrogens (tertiary/aromatic N) is 3. The zero-order valence-electron chi connectivity index (χ0n) is 11.7. The second-order valence-corrected chi connectivity index (χ2v) is 5.38. The predicted molar refractivity (Wildman–Crippen MR) is 77.6 cm³/mol. The molecule has 20 heavy (non-hydrogen) atoms. The second-order valence-electron chi connectivity index (χ2n) is 5.38. The largest absolute Gasteiger partial charge is 0.407 e. The molecule has 1 aliphatic rings. The summed E-state index contributed by atoms with van der Waals surface area (Å²) in [5.41, 5.74) is 8.22. The lowest BCUT2D eigenvalue weighted by atomic mass is 9.90. The van der Waals surface area contributed by atoms with E-state index in [0.29, 0.717) is 24.4 Å². The van der Waals surface area contributed by atoms with E-state index in [9.17, 15) is 0 Å². The molecule has 2 aromatic rings. The van der Waals surface area contributed by atoms with Crippen molar-refractivity contribution in [3.63, 3.8) is 0 Å². The van der Waals surface area contributed by atoms with E-state index >= 15 is 0 Å². The van der Waals surface area contributed by atoms with Crippen LogP contribution in [0.25, 0.3) is 0 Å². The zero-order valence-corrected chi connectivity index (χ0v) is 11.7. The summed E-state index contributed by atoms with van der Waals surface area (Å²) in [4.78, 5) is 2.17. The highest BCUT2D eigenvalue weighted by molar-refractivity contribution is 5.32. The van der Waals surface area contributed by atoms with Gasteiger partial charge in [-0.3, -0.25) is 0 Å². The van der Waals surface area contributed by atoms with Gasteiger partial charge < -0.3 is 15.1 Å². The molecule has 0 spiro atoms. The Kier molecular flexibility index (Phi) is 3.69. The van der Waals surface area contributed by atoms with Crippen molar-refractivity contribution in [3.8, 4) is 0 Å². The van der Waals surface area contributed by atoms with E-state index in [0.717, 1.165) is 19.5 Å². The van der Waals surface area contributed by atoms with Crippen molar-refractivity contribution in [3.05, 3.63) is 41.3 Å². The molecular weight excluding hydrogens is 252 g/mol. The molecule has 1 atom stereocenters. The van der Waals surface area contributed by atoms with E-state index in [2.05, 4.69) is 46.3 Å². The molecule has 2 heterocycles. The lowest BCUT2D eigenvalue weighted by molar-refractivity contribution is 0.441. The highest BCUT2D eigenvalue weighted by Crippen LogP contribution is 2.29. The molecule has 0 aliphatic carbocycles. The van der Waals surface area contributed by atoms with E-state index in [1.54, 1.807) is 0 Å². The van der Waals surface area contributed by atoms with E-state index in [1.165, 1.54) is 17.5 Å². The van der Waals surface area contributed by atoms with Gasteiger partial charge in [-0.1, -0.05) is 34.9 Å². The number of hydrogen-bond donors (Lipinski definition) is 1. The summed E-state index contributed by atoms with van der Waals surface area (Å²) >= 11 is 0. The minimum absolute atomic E-state index is 0.294. The number of piperidine rings is 1. The van der Waals surface area contributed by atoms with E-state index in [-0.39, 0.29) is 0 Å². The number of aromatic nitrogens is 2. The fourth-order valence-corrected chi connectivity index (χ4v) is 2.80. The summed E-state index contributed by atoms with van der Waals surface area (Å²) in [5.74, 6) is 1.02. The Labute approximate surface area is 118 Å². The smallest absolute Gasteiger partial charge is 0.318 e. The van der Waals surface area contributed by atoms with E-state index in [1.807, 2.05) is 0 Å². The van der Waals surface area contributed by atoms with Gasteiger partial charge in [0.15, 0.2) is 0 Å². The average Bonchev–Trinajstić information content (AvgIpc) is 2.96. The second kappa shape index (κ2) is 5.63.